The molecule has 0 spiro atoms. The van der Waals surface area contributed by atoms with E-state index in [1.165, 1.54) is 0 Å². The number of carbonyl (C=O) groups excluding carboxylic acids is 1. The van der Waals surface area contributed by atoms with E-state index in [1.807, 2.05) is 0 Å². The SMILES string of the molecule is C=C=C(C)C(=O)CC1C(C)=CCS1(=O)=O. The third-order valence-electron chi connectivity index (χ3n) is 2.63. The van der Waals surface area contributed by atoms with Gasteiger partial charge in [0.2, 0.25) is 0 Å². The Hall–Kier alpha value is -1.12. The predicted molar refractivity (Wildman–Crippen MR) is 59.3 cm³/mol. The van der Waals surface area contributed by atoms with Gasteiger partial charge in [0.15, 0.2) is 15.6 Å². The number of hydrogen-bond donors (Lipinski definition) is 0. The Balaban J connectivity index is 2.88. The molecule has 4 heteroatoms. The van der Waals surface area contributed by atoms with Crippen molar-refractivity contribution in [2.75, 3.05) is 5.75 Å². The van der Waals surface area contributed by atoms with Crippen LogP contribution in [0.2, 0.25) is 0 Å². The van der Waals surface area contributed by atoms with Crippen molar-refractivity contribution < 1.29 is 13.2 Å². The Morgan fingerprint density at radius 3 is 2.67 bits per heavy atom. The maximum absolute atomic E-state index is 11.6. The van der Waals surface area contributed by atoms with E-state index in [0.29, 0.717) is 5.57 Å². The number of allylic oxidation sites excluding steroid dienone is 1. The molecule has 0 aliphatic carbocycles. The van der Waals surface area contributed by atoms with Crippen LogP contribution in [0.15, 0.2) is 29.5 Å². The monoisotopic (exact) mass is 226 g/mol. The summed E-state index contributed by atoms with van der Waals surface area (Å²) < 4.78 is 23.1. The third-order valence-corrected chi connectivity index (χ3v) is 4.67. The molecule has 0 saturated heterocycles. The van der Waals surface area contributed by atoms with Gasteiger partial charge in [-0.25, -0.2) is 8.42 Å². The van der Waals surface area contributed by atoms with E-state index < -0.39 is 15.1 Å². The van der Waals surface area contributed by atoms with Crippen LogP contribution in [0.4, 0.5) is 0 Å². The van der Waals surface area contributed by atoms with Gasteiger partial charge >= 0.3 is 0 Å². The van der Waals surface area contributed by atoms with Gasteiger partial charge in [0.1, 0.15) is 0 Å². The van der Waals surface area contributed by atoms with Gasteiger partial charge in [-0.15, -0.1) is 5.73 Å². The van der Waals surface area contributed by atoms with E-state index in [1.54, 1.807) is 19.9 Å². The number of sulfone groups is 1. The van der Waals surface area contributed by atoms with Gasteiger partial charge in [-0.05, 0) is 13.8 Å². The Labute approximate surface area is 90.1 Å². The summed E-state index contributed by atoms with van der Waals surface area (Å²) in [6.45, 7) is 6.70. The third kappa shape index (κ3) is 2.46. The van der Waals surface area contributed by atoms with Crippen LogP contribution in [0.5, 0.6) is 0 Å². The minimum atomic E-state index is -3.15. The zero-order chi connectivity index (χ0) is 11.6. The number of Topliss-reactive ketones (excluding diaryl/α,β-unsaturated/α-hetero) is 1. The van der Waals surface area contributed by atoms with E-state index in [0.717, 1.165) is 5.57 Å². The molecular formula is C11H14O3S. The zero-order valence-corrected chi connectivity index (χ0v) is 9.73. The van der Waals surface area contributed by atoms with Gasteiger partial charge in [-0.2, -0.15) is 0 Å². The second kappa shape index (κ2) is 4.17. The minimum Gasteiger partial charge on any atom is -0.294 e. The second-order valence-corrected chi connectivity index (χ2v) is 5.92. The average molecular weight is 226 g/mol. The minimum absolute atomic E-state index is 0.0129. The van der Waals surface area contributed by atoms with Gasteiger partial charge in [0.25, 0.3) is 0 Å². The molecular weight excluding hydrogens is 212 g/mol. The molecule has 0 fully saturated rings. The summed E-state index contributed by atoms with van der Waals surface area (Å²) in [5.74, 6) is -0.151. The summed E-state index contributed by atoms with van der Waals surface area (Å²) in [6.07, 6.45) is 1.68. The molecule has 1 rings (SSSR count). The maximum Gasteiger partial charge on any atom is 0.167 e. The Morgan fingerprint density at radius 2 is 2.27 bits per heavy atom. The Kier molecular flexibility index (Phi) is 3.32. The van der Waals surface area contributed by atoms with Gasteiger partial charge in [0, 0.05) is 12.0 Å². The highest BCUT2D eigenvalue weighted by atomic mass is 32.2. The molecule has 0 N–H and O–H groups in total. The lowest BCUT2D eigenvalue weighted by atomic mass is 10.1. The lowest BCUT2D eigenvalue weighted by molar-refractivity contribution is -0.115. The molecule has 3 nitrogen and oxygen atoms in total. The van der Waals surface area contributed by atoms with Gasteiger partial charge < -0.3 is 0 Å². The van der Waals surface area contributed by atoms with Crippen molar-refractivity contribution in [3.63, 3.8) is 0 Å². The highest BCUT2D eigenvalue weighted by Crippen LogP contribution is 2.24. The Morgan fingerprint density at radius 1 is 1.67 bits per heavy atom. The van der Waals surface area contributed by atoms with Crippen molar-refractivity contribution in [1.29, 1.82) is 0 Å². The first kappa shape index (κ1) is 12.0. The van der Waals surface area contributed by atoms with Crippen molar-refractivity contribution >= 4 is 15.6 Å². The topological polar surface area (TPSA) is 51.2 Å². The molecule has 0 aromatic carbocycles. The van der Waals surface area contributed by atoms with Crippen LogP contribution in [0, 0.1) is 0 Å². The van der Waals surface area contributed by atoms with Crippen LogP contribution >= 0.6 is 0 Å². The van der Waals surface area contributed by atoms with Gasteiger partial charge in [0.05, 0.1) is 11.0 Å². The first-order valence-electron chi connectivity index (χ1n) is 4.66. The van der Waals surface area contributed by atoms with Gasteiger partial charge in [-0.3, -0.25) is 4.79 Å². The molecule has 0 saturated carbocycles. The first-order chi connectivity index (χ1) is 6.88. The van der Waals surface area contributed by atoms with E-state index in [9.17, 15) is 13.2 Å². The van der Waals surface area contributed by atoms with Crippen LogP contribution in [0.1, 0.15) is 20.3 Å². The molecule has 15 heavy (non-hydrogen) atoms. The highest BCUT2D eigenvalue weighted by molar-refractivity contribution is 7.92. The standard InChI is InChI=1S/C11H14O3S/c1-4-8(2)10(12)7-11-9(3)5-6-15(11,13)14/h5,11H,1,6-7H2,2-3H3. The number of rotatable bonds is 3. The maximum atomic E-state index is 11.6. The molecule has 82 valence electrons. The fourth-order valence-corrected chi connectivity index (χ4v) is 3.28. The summed E-state index contributed by atoms with van der Waals surface area (Å²) in [7, 11) is -3.15. The lowest BCUT2D eigenvalue weighted by Gasteiger charge is -2.10. The number of carbonyl (C=O) groups is 1. The summed E-state index contributed by atoms with van der Waals surface area (Å²) in [4.78, 5) is 11.5. The average Bonchev–Trinajstić information content (AvgIpc) is 2.43. The van der Waals surface area contributed by atoms with Crippen LogP contribution in [0.25, 0.3) is 0 Å². The first-order valence-corrected chi connectivity index (χ1v) is 6.38. The summed E-state index contributed by atoms with van der Waals surface area (Å²) in [5.41, 5.74) is 3.64. The van der Waals surface area contributed by atoms with Crippen LogP contribution in [-0.4, -0.2) is 25.2 Å². The molecule has 0 aromatic rings. The molecule has 1 aliphatic heterocycles. The smallest absolute Gasteiger partial charge is 0.167 e. The molecule has 1 unspecified atom stereocenters. The van der Waals surface area contributed by atoms with Crippen molar-refractivity contribution in [3.8, 4) is 0 Å². The van der Waals surface area contributed by atoms with Crippen molar-refractivity contribution in [3.05, 3.63) is 29.5 Å². The normalized spacial score (nSPS) is 23.1. The molecule has 1 atom stereocenters. The number of ketones is 1. The highest BCUT2D eigenvalue weighted by Gasteiger charge is 2.33. The summed E-state index contributed by atoms with van der Waals surface area (Å²) in [6, 6.07) is 0. The fourth-order valence-electron chi connectivity index (χ4n) is 1.49. The molecule has 0 bridgehead atoms. The van der Waals surface area contributed by atoms with Crippen LogP contribution < -0.4 is 0 Å². The molecule has 0 amide bonds. The predicted octanol–water partition coefficient (Wildman–Crippen LogP) is 1.42. The van der Waals surface area contributed by atoms with Crippen molar-refractivity contribution in [1.82, 2.24) is 0 Å². The molecule has 1 aliphatic rings. The molecule has 0 aromatic heterocycles. The zero-order valence-electron chi connectivity index (χ0n) is 8.91. The van der Waals surface area contributed by atoms with Crippen molar-refractivity contribution in [2.45, 2.75) is 25.5 Å². The Bertz CT molecular complexity index is 462. The number of hydrogen-bond acceptors (Lipinski definition) is 3. The van der Waals surface area contributed by atoms with E-state index in [-0.39, 0.29) is 18.0 Å². The van der Waals surface area contributed by atoms with Crippen LogP contribution in [0.3, 0.4) is 0 Å². The molecule has 1 heterocycles. The lowest BCUT2D eigenvalue weighted by Crippen LogP contribution is -2.22. The van der Waals surface area contributed by atoms with Crippen molar-refractivity contribution in [2.24, 2.45) is 0 Å². The van der Waals surface area contributed by atoms with Gasteiger partial charge in [-0.1, -0.05) is 18.2 Å². The summed E-state index contributed by atoms with van der Waals surface area (Å²) >= 11 is 0. The quantitative estimate of drug-likeness (QED) is 0.415. The molecule has 0 radical (unpaired) electrons. The largest absolute Gasteiger partial charge is 0.294 e. The van der Waals surface area contributed by atoms with E-state index in [4.69, 9.17) is 0 Å². The second-order valence-electron chi connectivity index (χ2n) is 3.70. The van der Waals surface area contributed by atoms with E-state index >= 15 is 0 Å². The van der Waals surface area contributed by atoms with E-state index in [2.05, 4.69) is 12.3 Å². The van der Waals surface area contributed by atoms with Crippen LogP contribution in [-0.2, 0) is 14.6 Å². The fraction of sp³-hybridized carbons (Fsp3) is 0.455. The summed E-state index contributed by atoms with van der Waals surface area (Å²) in [5, 5.41) is -0.645.